The Morgan fingerprint density at radius 3 is 2.65 bits per heavy atom. The Hall–Kier alpha value is -1.56. The fourth-order valence-corrected chi connectivity index (χ4v) is 1.53. The maximum atomic E-state index is 11.5. The zero-order chi connectivity index (χ0) is 12.8. The first kappa shape index (κ1) is 13.5. The number of aliphatic hydroxyl groups is 1. The van der Waals surface area contributed by atoms with E-state index in [2.05, 4.69) is 5.32 Å². The zero-order valence-electron chi connectivity index (χ0n) is 9.93. The molecule has 0 aromatic heterocycles. The van der Waals surface area contributed by atoms with E-state index in [0.29, 0.717) is 0 Å². The van der Waals surface area contributed by atoms with Crippen LogP contribution in [0.3, 0.4) is 0 Å². The Bertz CT molecular complexity index is 326. The van der Waals surface area contributed by atoms with Gasteiger partial charge in [0, 0.05) is 6.42 Å². The summed E-state index contributed by atoms with van der Waals surface area (Å²) < 4.78 is 9.61. The van der Waals surface area contributed by atoms with Gasteiger partial charge >= 0.3 is 11.9 Å². The maximum Gasteiger partial charge on any atom is 0.354 e. The van der Waals surface area contributed by atoms with Gasteiger partial charge in [0.15, 0.2) is 0 Å². The van der Waals surface area contributed by atoms with E-state index in [1.165, 1.54) is 6.08 Å². The van der Waals surface area contributed by atoms with Crippen molar-refractivity contribution in [1.82, 2.24) is 5.32 Å². The molecule has 6 heteroatoms. The van der Waals surface area contributed by atoms with Crippen LogP contribution in [0.2, 0.25) is 0 Å². The van der Waals surface area contributed by atoms with Crippen LogP contribution in [0, 0.1) is 0 Å². The monoisotopic (exact) mass is 243 g/mol. The second-order valence-electron chi connectivity index (χ2n) is 3.55. The number of ether oxygens (including phenoxy) is 2. The number of esters is 2. The molecular weight excluding hydrogens is 226 g/mol. The molecule has 17 heavy (non-hydrogen) atoms. The summed E-state index contributed by atoms with van der Waals surface area (Å²) >= 11 is 0. The van der Waals surface area contributed by atoms with Crippen LogP contribution in [-0.2, 0) is 19.1 Å². The molecule has 1 rings (SSSR count). The number of hydrogen-bond acceptors (Lipinski definition) is 6. The van der Waals surface area contributed by atoms with E-state index in [-0.39, 0.29) is 25.3 Å². The van der Waals surface area contributed by atoms with Gasteiger partial charge < -0.3 is 19.9 Å². The van der Waals surface area contributed by atoms with Crippen molar-refractivity contribution in [3.8, 4) is 0 Å². The SMILES string of the molecule is CCOC(=O)C1=C[C@@H](O)C[C@@H](C(=O)OCC)N1. The van der Waals surface area contributed by atoms with Gasteiger partial charge in [0.25, 0.3) is 0 Å². The fourth-order valence-electron chi connectivity index (χ4n) is 1.53. The van der Waals surface area contributed by atoms with Crippen LogP contribution in [0.25, 0.3) is 0 Å². The number of carbonyl (C=O) groups is 2. The van der Waals surface area contributed by atoms with Crippen molar-refractivity contribution >= 4 is 11.9 Å². The maximum absolute atomic E-state index is 11.5. The molecule has 0 amide bonds. The third-order valence-corrected chi connectivity index (χ3v) is 2.23. The van der Waals surface area contributed by atoms with Crippen molar-refractivity contribution in [3.05, 3.63) is 11.8 Å². The van der Waals surface area contributed by atoms with Crippen molar-refractivity contribution < 1.29 is 24.2 Å². The van der Waals surface area contributed by atoms with Crippen LogP contribution in [0.5, 0.6) is 0 Å². The summed E-state index contributed by atoms with van der Waals surface area (Å²) in [7, 11) is 0. The highest BCUT2D eigenvalue weighted by atomic mass is 16.5. The van der Waals surface area contributed by atoms with Gasteiger partial charge in [0.05, 0.1) is 19.3 Å². The number of hydrogen-bond donors (Lipinski definition) is 2. The highest BCUT2D eigenvalue weighted by Gasteiger charge is 2.30. The minimum Gasteiger partial charge on any atom is -0.464 e. The second-order valence-corrected chi connectivity index (χ2v) is 3.55. The van der Waals surface area contributed by atoms with Crippen LogP contribution in [0.1, 0.15) is 20.3 Å². The lowest BCUT2D eigenvalue weighted by Crippen LogP contribution is -2.45. The number of aliphatic hydroxyl groups excluding tert-OH is 1. The molecule has 0 aromatic carbocycles. The average molecular weight is 243 g/mol. The number of carbonyl (C=O) groups excluding carboxylic acids is 2. The van der Waals surface area contributed by atoms with Gasteiger partial charge in [-0.1, -0.05) is 0 Å². The van der Waals surface area contributed by atoms with E-state index in [9.17, 15) is 14.7 Å². The predicted octanol–water partition coefficient (Wildman–Crippen LogP) is -0.281. The molecule has 0 bridgehead atoms. The third kappa shape index (κ3) is 3.74. The highest BCUT2D eigenvalue weighted by molar-refractivity contribution is 5.89. The van der Waals surface area contributed by atoms with Crippen molar-refractivity contribution in [2.75, 3.05) is 13.2 Å². The zero-order valence-corrected chi connectivity index (χ0v) is 9.93. The fraction of sp³-hybridized carbons (Fsp3) is 0.636. The molecule has 0 unspecified atom stereocenters. The van der Waals surface area contributed by atoms with Gasteiger partial charge in [-0.3, -0.25) is 0 Å². The van der Waals surface area contributed by atoms with E-state index >= 15 is 0 Å². The van der Waals surface area contributed by atoms with Gasteiger partial charge in [-0.05, 0) is 19.9 Å². The lowest BCUT2D eigenvalue weighted by atomic mass is 10.0. The molecule has 2 atom stereocenters. The molecule has 96 valence electrons. The minimum atomic E-state index is -0.856. The van der Waals surface area contributed by atoms with Crippen LogP contribution in [-0.4, -0.2) is 42.4 Å². The molecule has 0 saturated carbocycles. The van der Waals surface area contributed by atoms with E-state index < -0.39 is 24.1 Å². The normalized spacial score (nSPS) is 23.4. The molecule has 0 spiro atoms. The summed E-state index contributed by atoms with van der Waals surface area (Å²) in [6, 6.07) is -0.714. The first-order valence-corrected chi connectivity index (χ1v) is 5.58. The van der Waals surface area contributed by atoms with Gasteiger partial charge in [-0.2, -0.15) is 0 Å². The van der Waals surface area contributed by atoms with Gasteiger partial charge in [-0.15, -0.1) is 0 Å². The van der Waals surface area contributed by atoms with Gasteiger partial charge in [0.2, 0.25) is 0 Å². The van der Waals surface area contributed by atoms with Crippen molar-refractivity contribution in [3.63, 3.8) is 0 Å². The molecule has 1 aliphatic heterocycles. The Morgan fingerprint density at radius 1 is 1.41 bits per heavy atom. The standard InChI is InChI=1S/C11H17NO5/c1-3-16-10(14)8-5-7(13)6-9(12-8)11(15)17-4-2/h5,7,9,12-13H,3-4,6H2,1-2H3/t7-,9+/m1/s1. The Balaban J connectivity index is 2.68. The topological polar surface area (TPSA) is 84.9 Å². The Kier molecular flexibility index (Phi) is 4.96. The summed E-state index contributed by atoms with van der Waals surface area (Å²) in [5, 5.41) is 12.3. The third-order valence-electron chi connectivity index (χ3n) is 2.23. The quantitative estimate of drug-likeness (QED) is 0.661. The van der Waals surface area contributed by atoms with Crippen molar-refractivity contribution in [2.24, 2.45) is 0 Å². The molecule has 0 saturated heterocycles. The largest absolute Gasteiger partial charge is 0.464 e. The smallest absolute Gasteiger partial charge is 0.354 e. The van der Waals surface area contributed by atoms with Gasteiger partial charge in [-0.25, -0.2) is 9.59 Å². The molecule has 2 N–H and O–H groups in total. The number of rotatable bonds is 4. The molecule has 1 heterocycles. The van der Waals surface area contributed by atoms with E-state index in [4.69, 9.17) is 9.47 Å². The van der Waals surface area contributed by atoms with Crippen molar-refractivity contribution in [1.29, 1.82) is 0 Å². The van der Waals surface area contributed by atoms with E-state index in [1.54, 1.807) is 13.8 Å². The molecule has 6 nitrogen and oxygen atoms in total. The second kappa shape index (κ2) is 6.24. The Labute approximate surface area is 99.6 Å². The van der Waals surface area contributed by atoms with Crippen LogP contribution in [0.4, 0.5) is 0 Å². The van der Waals surface area contributed by atoms with Crippen LogP contribution in [0.15, 0.2) is 11.8 Å². The highest BCUT2D eigenvalue weighted by Crippen LogP contribution is 2.13. The first-order valence-electron chi connectivity index (χ1n) is 5.58. The molecule has 0 fully saturated rings. The first-order chi connectivity index (χ1) is 8.08. The summed E-state index contributed by atoms with van der Waals surface area (Å²) in [6.07, 6.45) is 0.667. The van der Waals surface area contributed by atoms with Crippen LogP contribution >= 0.6 is 0 Å². The predicted molar refractivity (Wildman–Crippen MR) is 58.9 cm³/mol. The molecule has 0 radical (unpaired) electrons. The minimum absolute atomic E-state index is 0.101. The lowest BCUT2D eigenvalue weighted by molar-refractivity contribution is -0.146. The van der Waals surface area contributed by atoms with Crippen LogP contribution < -0.4 is 5.32 Å². The number of nitrogens with one attached hydrogen (secondary N) is 1. The Morgan fingerprint density at radius 2 is 2.06 bits per heavy atom. The molecular formula is C11H17NO5. The van der Waals surface area contributed by atoms with Crippen molar-refractivity contribution in [2.45, 2.75) is 32.4 Å². The summed E-state index contributed by atoms with van der Waals surface area (Å²) in [5.41, 5.74) is 0.101. The molecule has 0 aliphatic carbocycles. The summed E-state index contributed by atoms with van der Waals surface area (Å²) in [5.74, 6) is -1.07. The summed E-state index contributed by atoms with van der Waals surface area (Å²) in [4.78, 5) is 22.9. The lowest BCUT2D eigenvalue weighted by Gasteiger charge is -2.25. The average Bonchev–Trinajstić information content (AvgIpc) is 2.29. The summed E-state index contributed by atoms with van der Waals surface area (Å²) in [6.45, 7) is 3.86. The van der Waals surface area contributed by atoms with Gasteiger partial charge in [0.1, 0.15) is 11.7 Å². The molecule has 0 aromatic rings. The van der Waals surface area contributed by atoms with E-state index in [1.807, 2.05) is 0 Å². The van der Waals surface area contributed by atoms with E-state index in [0.717, 1.165) is 0 Å². The molecule has 1 aliphatic rings.